The number of rotatable bonds is 7. The van der Waals surface area contributed by atoms with Crippen molar-refractivity contribution < 1.29 is 13.9 Å². The molecule has 1 aromatic heterocycles. The number of hydrogen-bond donors (Lipinski definition) is 2. The molecule has 0 saturated carbocycles. The van der Waals surface area contributed by atoms with E-state index >= 15 is 4.39 Å². The van der Waals surface area contributed by atoms with Crippen LogP contribution in [0.2, 0.25) is 0 Å². The fourth-order valence-corrected chi connectivity index (χ4v) is 5.87. The number of halogens is 2. The number of thioether (sulfide) groups is 1. The quantitative estimate of drug-likeness (QED) is 0.220. The maximum Gasteiger partial charge on any atom is 0.255 e. The minimum absolute atomic E-state index is 0.299. The lowest BCUT2D eigenvalue weighted by molar-refractivity contribution is -0.113. The largest absolute Gasteiger partial charge is 0.495 e. The van der Waals surface area contributed by atoms with Crippen molar-refractivity contribution in [1.82, 2.24) is 14.8 Å². The van der Waals surface area contributed by atoms with E-state index in [1.807, 2.05) is 6.07 Å². The molecule has 0 aliphatic carbocycles. The number of nitrogens with one attached hydrogen (secondary N) is 2. The summed E-state index contributed by atoms with van der Waals surface area (Å²) in [6, 6.07) is 17.3. The van der Waals surface area contributed by atoms with Crippen LogP contribution in [0.25, 0.3) is 0 Å². The second kappa shape index (κ2) is 11.2. The zero-order valence-electron chi connectivity index (χ0n) is 21.9. The molecular weight excluding hydrogens is 581 g/mol. The highest BCUT2D eigenvalue weighted by atomic mass is 79.9. The Kier molecular flexibility index (Phi) is 7.76. The Balaban J connectivity index is 1.53. The third-order valence-electron chi connectivity index (χ3n) is 6.54. The Morgan fingerprint density at radius 3 is 2.72 bits per heavy atom. The molecule has 5 rings (SSSR count). The zero-order valence-corrected chi connectivity index (χ0v) is 24.3. The topological polar surface area (TPSA) is 81.1 Å². The van der Waals surface area contributed by atoms with Gasteiger partial charge in [0.05, 0.1) is 18.4 Å². The molecule has 1 aliphatic rings. The van der Waals surface area contributed by atoms with Crippen molar-refractivity contribution in [3.05, 3.63) is 104 Å². The molecule has 200 valence electrons. The van der Waals surface area contributed by atoms with Gasteiger partial charge < -0.3 is 15.4 Å². The molecule has 2 heterocycles. The van der Waals surface area contributed by atoms with Gasteiger partial charge in [0.2, 0.25) is 11.1 Å². The molecule has 0 bridgehead atoms. The summed E-state index contributed by atoms with van der Waals surface area (Å²) >= 11 is 4.94. The molecule has 0 unspecified atom stereocenters. The molecular formula is C29H27BrFN5O2S. The van der Waals surface area contributed by atoms with Crippen LogP contribution in [0.4, 0.5) is 16.0 Å². The van der Waals surface area contributed by atoms with Gasteiger partial charge in [0.15, 0.2) is 0 Å². The van der Waals surface area contributed by atoms with E-state index in [-0.39, 0.29) is 0 Å². The summed E-state index contributed by atoms with van der Waals surface area (Å²) in [5, 5.41) is 11.4. The average Bonchev–Trinajstić information content (AvgIpc) is 3.31. The number of aromatic nitrogens is 3. The van der Waals surface area contributed by atoms with Gasteiger partial charge in [-0.05, 0) is 62.2 Å². The molecule has 0 radical (unpaired) electrons. The van der Waals surface area contributed by atoms with Crippen LogP contribution >= 0.6 is 27.7 Å². The van der Waals surface area contributed by atoms with E-state index in [0.717, 1.165) is 0 Å². The number of carbonyl (C=O) groups excluding carboxylic acids is 1. The second-order valence-electron chi connectivity index (χ2n) is 9.27. The highest BCUT2D eigenvalue weighted by molar-refractivity contribution is 9.10. The van der Waals surface area contributed by atoms with Crippen molar-refractivity contribution in [1.29, 1.82) is 0 Å². The van der Waals surface area contributed by atoms with E-state index in [1.165, 1.54) is 41.6 Å². The number of benzene rings is 3. The highest BCUT2D eigenvalue weighted by Gasteiger charge is 2.36. The molecule has 1 atom stereocenters. The Morgan fingerprint density at radius 1 is 1.15 bits per heavy atom. The van der Waals surface area contributed by atoms with Crippen LogP contribution in [0.1, 0.15) is 35.2 Å². The summed E-state index contributed by atoms with van der Waals surface area (Å²) in [5.41, 5.74) is 5.28. The van der Waals surface area contributed by atoms with Crippen molar-refractivity contribution in [2.75, 3.05) is 17.7 Å². The van der Waals surface area contributed by atoms with E-state index in [2.05, 4.69) is 63.6 Å². The monoisotopic (exact) mass is 607 g/mol. The molecule has 0 fully saturated rings. The molecule has 39 heavy (non-hydrogen) atoms. The van der Waals surface area contributed by atoms with E-state index in [1.54, 1.807) is 41.9 Å². The van der Waals surface area contributed by atoms with Crippen molar-refractivity contribution in [2.45, 2.75) is 37.7 Å². The molecule has 0 saturated heterocycles. The Hall–Kier alpha value is -3.63. The summed E-state index contributed by atoms with van der Waals surface area (Å²) in [6.45, 7) is 5.93. The molecule has 1 aliphatic heterocycles. The number of nitrogens with zero attached hydrogens (tertiary/aromatic N) is 3. The van der Waals surface area contributed by atoms with E-state index < -0.39 is 17.8 Å². The third kappa shape index (κ3) is 5.58. The normalized spacial score (nSPS) is 14.6. The van der Waals surface area contributed by atoms with Crippen molar-refractivity contribution in [3.63, 3.8) is 0 Å². The van der Waals surface area contributed by atoms with Gasteiger partial charge >= 0.3 is 0 Å². The van der Waals surface area contributed by atoms with Crippen LogP contribution in [0.5, 0.6) is 5.75 Å². The summed E-state index contributed by atoms with van der Waals surface area (Å²) in [6.07, 6.45) is 0. The first-order valence-electron chi connectivity index (χ1n) is 12.3. The van der Waals surface area contributed by atoms with Gasteiger partial charge in [-0.15, -0.1) is 5.10 Å². The van der Waals surface area contributed by atoms with Gasteiger partial charge in [0.25, 0.3) is 5.91 Å². The van der Waals surface area contributed by atoms with Gasteiger partial charge in [-0.3, -0.25) is 4.79 Å². The van der Waals surface area contributed by atoms with Crippen LogP contribution in [0.15, 0.2) is 81.6 Å². The second-order valence-corrected chi connectivity index (χ2v) is 11.1. The minimum atomic E-state index is -0.851. The van der Waals surface area contributed by atoms with Gasteiger partial charge in [0, 0.05) is 21.5 Å². The summed E-state index contributed by atoms with van der Waals surface area (Å²) in [7, 11) is 1.54. The standard InChI is InChI=1S/C29H27BrFN5O2S/c1-16-9-10-19(17(2)13-16)15-39-29-34-28-32-18(3)25(27(37)33-23-7-5-6-8-24(23)38-4)26(36(28)35-29)21-14-20(30)11-12-22(21)31/h5-14,26H,15H2,1-4H3,(H,33,37)(H,32,34,35)/t26-/m1/s1. The Morgan fingerprint density at radius 2 is 1.95 bits per heavy atom. The lowest BCUT2D eigenvalue weighted by Gasteiger charge is -2.29. The number of para-hydroxylation sites is 2. The SMILES string of the molecule is COc1ccccc1NC(=O)C1=C(C)Nc2nc(SCc3ccc(C)cc3C)nn2[C@@H]1c1cc(Br)ccc1F. The molecule has 0 spiro atoms. The first kappa shape index (κ1) is 27.0. The number of carbonyl (C=O) groups is 1. The van der Waals surface area contributed by atoms with E-state index in [0.29, 0.717) is 49.6 Å². The number of aryl methyl sites for hydroxylation is 2. The molecule has 1 amide bonds. The zero-order chi connectivity index (χ0) is 27.7. The minimum Gasteiger partial charge on any atom is -0.495 e. The first-order chi connectivity index (χ1) is 18.7. The number of anilines is 2. The van der Waals surface area contributed by atoms with Crippen LogP contribution in [0.3, 0.4) is 0 Å². The fraction of sp³-hybridized carbons (Fsp3) is 0.207. The van der Waals surface area contributed by atoms with Gasteiger partial charge in [-0.2, -0.15) is 4.98 Å². The maximum atomic E-state index is 15.3. The van der Waals surface area contributed by atoms with Gasteiger partial charge in [0.1, 0.15) is 17.6 Å². The first-order valence-corrected chi connectivity index (χ1v) is 14.1. The number of amides is 1. The highest BCUT2D eigenvalue weighted by Crippen LogP contribution is 2.39. The van der Waals surface area contributed by atoms with Crippen LogP contribution in [0, 0.1) is 19.7 Å². The van der Waals surface area contributed by atoms with Gasteiger partial charge in [-0.1, -0.05) is 63.6 Å². The van der Waals surface area contributed by atoms with Crippen LogP contribution in [-0.4, -0.2) is 27.8 Å². The van der Waals surface area contributed by atoms with E-state index in [4.69, 9.17) is 9.84 Å². The Bertz CT molecular complexity index is 1600. The Labute approximate surface area is 239 Å². The summed E-state index contributed by atoms with van der Waals surface area (Å²) in [4.78, 5) is 18.4. The predicted molar refractivity (Wildman–Crippen MR) is 156 cm³/mol. The molecule has 7 nitrogen and oxygen atoms in total. The summed E-state index contributed by atoms with van der Waals surface area (Å²) in [5.74, 6) is 0.781. The molecule has 4 aromatic rings. The lowest BCUT2D eigenvalue weighted by Crippen LogP contribution is -2.32. The lowest BCUT2D eigenvalue weighted by atomic mass is 9.94. The molecule has 3 aromatic carbocycles. The number of allylic oxidation sites excluding steroid dienone is 1. The number of fused-ring (bicyclic) bond motifs is 1. The van der Waals surface area contributed by atoms with Crippen LogP contribution < -0.4 is 15.4 Å². The molecule has 10 heteroatoms. The third-order valence-corrected chi connectivity index (χ3v) is 7.92. The van der Waals surface area contributed by atoms with Crippen molar-refractivity contribution >= 4 is 45.2 Å². The maximum absolute atomic E-state index is 15.3. The number of hydrogen-bond acceptors (Lipinski definition) is 6. The average molecular weight is 609 g/mol. The smallest absolute Gasteiger partial charge is 0.255 e. The van der Waals surface area contributed by atoms with Gasteiger partial charge in [-0.25, -0.2) is 9.07 Å². The summed E-state index contributed by atoms with van der Waals surface area (Å²) < 4.78 is 23.0. The van der Waals surface area contributed by atoms with Crippen molar-refractivity contribution in [2.24, 2.45) is 0 Å². The van der Waals surface area contributed by atoms with Crippen LogP contribution in [-0.2, 0) is 10.5 Å². The number of ether oxygens (including phenoxy) is 1. The number of methoxy groups -OCH3 is 1. The predicted octanol–water partition coefficient (Wildman–Crippen LogP) is 7.03. The van der Waals surface area contributed by atoms with Crippen molar-refractivity contribution in [3.8, 4) is 5.75 Å². The van der Waals surface area contributed by atoms with E-state index in [9.17, 15) is 4.79 Å². The fourth-order valence-electron chi connectivity index (χ4n) is 4.59. The molecule has 2 N–H and O–H groups in total.